The van der Waals surface area contributed by atoms with Gasteiger partial charge in [0.25, 0.3) is 0 Å². The van der Waals surface area contributed by atoms with Crippen LogP contribution in [0.4, 0.5) is 22.0 Å². The lowest BCUT2D eigenvalue weighted by molar-refractivity contribution is -0.269. The van der Waals surface area contributed by atoms with Crippen LogP contribution in [0.25, 0.3) is 5.70 Å². The molecule has 15 heteroatoms. The number of nitrogens with one attached hydrogen (secondary N) is 2. The maximum Gasteiger partial charge on any atom is 0.428 e. The largest absolute Gasteiger partial charge is 0.428 e. The summed E-state index contributed by atoms with van der Waals surface area (Å²) < 4.78 is 98.0. The first-order chi connectivity index (χ1) is 18.0. The molecule has 39 heavy (non-hydrogen) atoms. The Labute approximate surface area is 230 Å². The maximum absolute atomic E-state index is 15.4. The van der Waals surface area contributed by atoms with Gasteiger partial charge in [0.1, 0.15) is 5.75 Å². The number of hydroxylamine groups is 1. The van der Waals surface area contributed by atoms with Crippen molar-refractivity contribution in [3.63, 3.8) is 0 Å². The topological polar surface area (TPSA) is 87.7 Å². The molecule has 212 valence electrons. The zero-order valence-corrected chi connectivity index (χ0v) is 22.7. The molecule has 2 aliphatic heterocycles. The van der Waals surface area contributed by atoms with Gasteiger partial charge in [-0.15, -0.1) is 0 Å². The Morgan fingerprint density at radius 2 is 1.69 bits per heavy atom. The van der Waals surface area contributed by atoms with E-state index in [-0.39, 0.29) is 29.9 Å². The van der Waals surface area contributed by atoms with Crippen molar-refractivity contribution in [3.05, 3.63) is 75.0 Å². The molecule has 1 amide bonds. The number of hydrogen-bond acceptors (Lipinski definition) is 5. The van der Waals surface area contributed by atoms with Gasteiger partial charge in [0.05, 0.1) is 28.8 Å². The minimum Gasteiger partial charge on any atom is -0.334 e. The molecule has 2 N–H and O–H groups in total. The van der Waals surface area contributed by atoms with Gasteiger partial charge in [-0.25, -0.2) is 21.9 Å². The number of benzene rings is 2. The van der Waals surface area contributed by atoms with Crippen molar-refractivity contribution in [2.45, 2.75) is 37.3 Å². The number of hydrogen-bond donors (Lipinski definition) is 2. The van der Waals surface area contributed by atoms with Crippen LogP contribution < -0.4 is 10.2 Å². The Balaban J connectivity index is 1.52. The SMILES string of the molecule is CC(C)NS(=O)(=O)CC(=O)N1CC(F)(c2ccc(C3=CC(c4cc(Cl)c(F)c(Cl)c4)(C(F)(F)F)ON3)cc2)C1. The molecule has 0 aliphatic carbocycles. The van der Waals surface area contributed by atoms with Gasteiger partial charge in [-0.1, -0.05) is 47.5 Å². The van der Waals surface area contributed by atoms with E-state index >= 15 is 4.39 Å². The fourth-order valence-corrected chi connectivity index (χ4v) is 6.07. The van der Waals surface area contributed by atoms with E-state index in [9.17, 15) is 30.8 Å². The highest BCUT2D eigenvalue weighted by atomic mass is 35.5. The van der Waals surface area contributed by atoms with Gasteiger partial charge in [0.2, 0.25) is 21.5 Å². The molecular weight excluding hydrogens is 592 g/mol. The number of rotatable bonds is 7. The van der Waals surface area contributed by atoms with E-state index in [2.05, 4.69) is 10.2 Å². The van der Waals surface area contributed by atoms with Crippen LogP contribution in [0.15, 0.2) is 42.5 Å². The highest BCUT2D eigenvalue weighted by molar-refractivity contribution is 7.90. The minimum atomic E-state index is -5.00. The summed E-state index contributed by atoms with van der Waals surface area (Å²) in [6, 6.07) is 6.53. The lowest BCUT2D eigenvalue weighted by atomic mass is 9.87. The first kappa shape index (κ1) is 29.5. The third-order valence-electron chi connectivity index (χ3n) is 6.18. The second-order valence-electron chi connectivity index (χ2n) is 9.57. The Kier molecular flexibility index (Phi) is 7.71. The summed E-state index contributed by atoms with van der Waals surface area (Å²) in [4.78, 5) is 18.3. The zero-order chi connectivity index (χ0) is 29.0. The van der Waals surface area contributed by atoms with E-state index in [1.807, 2.05) is 0 Å². The molecular formula is C24H22Cl2F5N3O4S. The number of likely N-dealkylation sites (tertiary alicyclic amines) is 1. The third kappa shape index (κ3) is 5.73. The molecule has 7 nitrogen and oxygen atoms in total. The molecule has 1 unspecified atom stereocenters. The number of amides is 1. The number of carbonyl (C=O) groups excluding carboxylic acids is 1. The van der Waals surface area contributed by atoms with Gasteiger partial charge in [-0.05, 0) is 43.2 Å². The first-order valence-corrected chi connectivity index (χ1v) is 13.8. The van der Waals surface area contributed by atoms with Gasteiger partial charge >= 0.3 is 6.18 Å². The summed E-state index contributed by atoms with van der Waals surface area (Å²) in [7, 11) is -3.87. The molecule has 1 saturated heterocycles. The molecule has 2 aliphatic rings. The number of alkyl halides is 4. The van der Waals surface area contributed by atoms with Crippen molar-refractivity contribution in [2.75, 3.05) is 18.8 Å². The van der Waals surface area contributed by atoms with Crippen molar-refractivity contribution in [3.8, 4) is 0 Å². The molecule has 0 aromatic heterocycles. The highest BCUT2D eigenvalue weighted by Gasteiger charge is 2.60. The molecule has 0 spiro atoms. The number of sulfonamides is 1. The average Bonchev–Trinajstić information content (AvgIpc) is 3.26. The Morgan fingerprint density at radius 1 is 1.13 bits per heavy atom. The van der Waals surface area contributed by atoms with E-state index in [1.165, 1.54) is 24.3 Å². The normalized spacial score (nSPS) is 21.0. The summed E-state index contributed by atoms with van der Waals surface area (Å²) in [5.41, 5.74) is -3.08. The Morgan fingerprint density at radius 3 is 2.21 bits per heavy atom. The Bertz CT molecular complexity index is 1410. The lowest BCUT2D eigenvalue weighted by Crippen LogP contribution is -2.60. The number of nitrogens with zero attached hydrogens (tertiary/aromatic N) is 1. The molecule has 2 aromatic rings. The molecule has 0 radical (unpaired) electrons. The monoisotopic (exact) mass is 613 g/mol. The number of carbonyl (C=O) groups is 1. The first-order valence-electron chi connectivity index (χ1n) is 11.4. The van der Waals surface area contributed by atoms with E-state index in [0.29, 0.717) is 0 Å². The van der Waals surface area contributed by atoms with Crippen molar-refractivity contribution >= 4 is 44.8 Å². The van der Waals surface area contributed by atoms with Gasteiger partial charge in [-0.3, -0.25) is 15.1 Å². The maximum atomic E-state index is 15.4. The van der Waals surface area contributed by atoms with Crippen molar-refractivity contribution in [1.29, 1.82) is 0 Å². The molecule has 0 bridgehead atoms. The van der Waals surface area contributed by atoms with Crippen LogP contribution in [-0.2, 0) is 30.9 Å². The molecule has 4 rings (SSSR count). The second kappa shape index (κ2) is 10.2. The van der Waals surface area contributed by atoms with Gasteiger partial charge in [0.15, 0.2) is 11.5 Å². The fourth-order valence-electron chi connectivity index (χ4n) is 4.28. The van der Waals surface area contributed by atoms with E-state index in [4.69, 9.17) is 28.0 Å². The van der Waals surface area contributed by atoms with E-state index in [0.717, 1.165) is 23.1 Å². The van der Waals surface area contributed by atoms with Gasteiger partial charge < -0.3 is 4.90 Å². The van der Waals surface area contributed by atoms with Crippen molar-refractivity contribution in [2.24, 2.45) is 0 Å². The Hall–Kier alpha value is -2.45. The molecule has 1 atom stereocenters. The van der Waals surface area contributed by atoms with Crippen LogP contribution in [0.1, 0.15) is 30.5 Å². The smallest absolute Gasteiger partial charge is 0.334 e. The van der Waals surface area contributed by atoms with Crippen molar-refractivity contribution < 1.29 is 40.0 Å². The summed E-state index contributed by atoms with van der Waals surface area (Å²) in [6.07, 6.45) is -4.27. The minimum absolute atomic E-state index is 0.100. The lowest BCUT2D eigenvalue weighted by Gasteiger charge is -2.44. The van der Waals surface area contributed by atoms with Crippen LogP contribution in [0.5, 0.6) is 0 Å². The van der Waals surface area contributed by atoms with E-state index < -0.39 is 66.6 Å². The highest BCUT2D eigenvalue weighted by Crippen LogP contribution is 2.48. The summed E-state index contributed by atoms with van der Waals surface area (Å²) in [6.45, 7) is 2.44. The molecule has 0 saturated carbocycles. The summed E-state index contributed by atoms with van der Waals surface area (Å²) in [5, 5.41) is -1.24. The molecule has 2 heterocycles. The van der Waals surface area contributed by atoms with Crippen LogP contribution in [-0.4, -0.2) is 50.3 Å². The van der Waals surface area contributed by atoms with Gasteiger partial charge in [-0.2, -0.15) is 13.2 Å². The summed E-state index contributed by atoms with van der Waals surface area (Å²) >= 11 is 11.4. The second-order valence-corrected chi connectivity index (χ2v) is 12.1. The average molecular weight is 614 g/mol. The summed E-state index contributed by atoms with van der Waals surface area (Å²) in [5.74, 6) is -2.64. The van der Waals surface area contributed by atoms with Crippen LogP contribution >= 0.6 is 23.2 Å². The van der Waals surface area contributed by atoms with Crippen LogP contribution in [0, 0.1) is 5.82 Å². The van der Waals surface area contributed by atoms with E-state index in [1.54, 1.807) is 13.8 Å². The molecule has 2 aromatic carbocycles. The van der Waals surface area contributed by atoms with Gasteiger partial charge in [0, 0.05) is 11.6 Å². The van der Waals surface area contributed by atoms with Crippen LogP contribution in [0.3, 0.4) is 0 Å². The quantitative estimate of drug-likeness (QED) is 0.346. The fraction of sp³-hybridized carbons (Fsp3) is 0.375. The molecule has 1 fully saturated rings. The van der Waals surface area contributed by atoms with Crippen LogP contribution in [0.2, 0.25) is 10.0 Å². The predicted molar refractivity (Wildman–Crippen MR) is 134 cm³/mol. The third-order valence-corrected chi connectivity index (χ3v) is 8.19. The zero-order valence-electron chi connectivity index (χ0n) is 20.4. The standard InChI is InChI=1S/C24H22Cl2F5N3O4S/c1-13(2)33-39(36,37)10-20(35)34-11-22(28,12-34)15-5-3-14(4-6-15)19-9-23(38-32-19,24(29,30)31)16-7-17(25)21(27)18(26)8-16/h3-9,13,32-33H,10-12H2,1-2H3. The predicted octanol–water partition coefficient (Wildman–Crippen LogP) is 4.80. The number of halogens is 7. The van der Waals surface area contributed by atoms with Crippen molar-refractivity contribution in [1.82, 2.24) is 15.1 Å².